The number of hydrogen-bond acceptors (Lipinski definition) is 4. The van der Waals surface area contributed by atoms with Gasteiger partial charge in [-0.15, -0.1) is 0 Å². The zero-order valence-electron chi connectivity index (χ0n) is 12.7. The minimum absolute atomic E-state index is 0.00210. The molecular weight excluding hydrogens is 288 g/mol. The minimum Gasteiger partial charge on any atom is -0.492 e. The van der Waals surface area contributed by atoms with Crippen molar-refractivity contribution in [1.29, 1.82) is 0 Å². The molecule has 1 aromatic carbocycles. The normalized spacial score (nSPS) is 19.3. The lowest BCUT2D eigenvalue weighted by atomic mass is 9.85. The summed E-state index contributed by atoms with van der Waals surface area (Å²) >= 11 is 0. The fourth-order valence-corrected chi connectivity index (χ4v) is 4.11. The van der Waals surface area contributed by atoms with Crippen LogP contribution in [0.5, 0.6) is 5.75 Å². The highest BCUT2D eigenvalue weighted by Crippen LogP contribution is 2.29. The number of nitrogens with two attached hydrogens (primary N) is 1. The van der Waals surface area contributed by atoms with Gasteiger partial charge in [0.1, 0.15) is 12.4 Å². The molecule has 1 aliphatic heterocycles. The van der Waals surface area contributed by atoms with E-state index in [1.165, 1.54) is 0 Å². The van der Waals surface area contributed by atoms with Crippen LogP contribution in [0.2, 0.25) is 0 Å². The molecule has 0 amide bonds. The fraction of sp³-hybridized carbons (Fsp3) is 0.600. The summed E-state index contributed by atoms with van der Waals surface area (Å²) < 4.78 is 31.8. The van der Waals surface area contributed by atoms with E-state index in [9.17, 15) is 8.42 Å². The highest BCUT2D eigenvalue weighted by atomic mass is 32.2. The summed E-state index contributed by atoms with van der Waals surface area (Å²) in [6.45, 7) is 5.57. The summed E-state index contributed by atoms with van der Waals surface area (Å²) in [5, 5.41) is 0. The van der Waals surface area contributed by atoms with Crippen molar-refractivity contribution in [3.8, 4) is 5.75 Å². The van der Waals surface area contributed by atoms with Crippen molar-refractivity contribution < 1.29 is 13.2 Å². The Bertz CT molecular complexity index is 584. The lowest BCUT2D eigenvalue weighted by molar-refractivity contribution is 0.186. The Morgan fingerprint density at radius 2 is 2.14 bits per heavy atom. The number of anilines is 1. The van der Waals surface area contributed by atoms with Gasteiger partial charge in [0.05, 0.1) is 5.75 Å². The minimum atomic E-state index is -3.26. The standard InChI is InChI=1S/C15H24N2O3S/c1-15(2)7-4-8-17(12-15)21(18,19)10-9-20-14-6-3-5-13(16)11-14/h3,5-6,11H,4,7-10,12,16H2,1-2H3. The third-order valence-corrected chi connectivity index (χ3v) is 5.51. The number of sulfonamides is 1. The highest BCUT2D eigenvalue weighted by Gasteiger charge is 2.32. The predicted octanol–water partition coefficient (Wildman–Crippen LogP) is 2.10. The first-order valence-electron chi connectivity index (χ1n) is 7.25. The summed E-state index contributed by atoms with van der Waals surface area (Å²) in [5.41, 5.74) is 6.32. The van der Waals surface area contributed by atoms with Crippen LogP contribution >= 0.6 is 0 Å². The number of rotatable bonds is 5. The van der Waals surface area contributed by atoms with E-state index in [1.54, 1.807) is 28.6 Å². The van der Waals surface area contributed by atoms with Gasteiger partial charge in [-0.2, -0.15) is 0 Å². The average Bonchev–Trinajstić information content (AvgIpc) is 2.37. The molecule has 0 aromatic heterocycles. The van der Waals surface area contributed by atoms with Crippen molar-refractivity contribution in [2.45, 2.75) is 26.7 Å². The molecular formula is C15H24N2O3S. The SMILES string of the molecule is CC1(C)CCCN(S(=O)(=O)CCOc2cccc(N)c2)C1. The van der Waals surface area contributed by atoms with E-state index in [1.807, 2.05) is 0 Å². The summed E-state index contributed by atoms with van der Waals surface area (Å²) in [7, 11) is -3.26. The van der Waals surface area contributed by atoms with Crippen LogP contribution in [-0.4, -0.2) is 38.2 Å². The van der Waals surface area contributed by atoms with E-state index in [0.29, 0.717) is 24.5 Å². The van der Waals surface area contributed by atoms with Gasteiger partial charge in [0, 0.05) is 24.8 Å². The molecule has 2 N–H and O–H groups in total. The number of nitrogen functional groups attached to an aromatic ring is 1. The van der Waals surface area contributed by atoms with Crippen molar-refractivity contribution in [3.63, 3.8) is 0 Å². The molecule has 118 valence electrons. The number of benzene rings is 1. The van der Waals surface area contributed by atoms with Gasteiger partial charge in [-0.1, -0.05) is 19.9 Å². The molecule has 0 saturated carbocycles. The molecule has 0 spiro atoms. The maximum atomic E-state index is 12.4. The number of piperidine rings is 1. The first-order valence-corrected chi connectivity index (χ1v) is 8.86. The molecule has 0 atom stereocenters. The molecule has 5 nitrogen and oxygen atoms in total. The lowest BCUT2D eigenvalue weighted by Crippen LogP contribution is -2.45. The van der Waals surface area contributed by atoms with Crippen molar-refractivity contribution >= 4 is 15.7 Å². The van der Waals surface area contributed by atoms with E-state index < -0.39 is 10.0 Å². The molecule has 6 heteroatoms. The maximum absolute atomic E-state index is 12.4. The van der Waals surface area contributed by atoms with Crippen molar-refractivity contribution in [3.05, 3.63) is 24.3 Å². The van der Waals surface area contributed by atoms with Crippen molar-refractivity contribution in [2.24, 2.45) is 5.41 Å². The van der Waals surface area contributed by atoms with Gasteiger partial charge < -0.3 is 10.5 Å². The Morgan fingerprint density at radius 1 is 1.38 bits per heavy atom. The first kappa shape index (κ1) is 16.1. The second-order valence-corrected chi connectivity index (χ2v) is 8.43. The van der Waals surface area contributed by atoms with E-state index in [-0.39, 0.29) is 17.8 Å². The van der Waals surface area contributed by atoms with E-state index in [0.717, 1.165) is 12.8 Å². The second-order valence-electron chi connectivity index (χ2n) is 6.34. The van der Waals surface area contributed by atoms with E-state index in [2.05, 4.69) is 13.8 Å². The van der Waals surface area contributed by atoms with E-state index in [4.69, 9.17) is 10.5 Å². The van der Waals surface area contributed by atoms with Crippen LogP contribution in [0, 0.1) is 5.41 Å². The smallest absolute Gasteiger partial charge is 0.217 e. The van der Waals surface area contributed by atoms with Gasteiger partial charge in [-0.3, -0.25) is 0 Å². The molecule has 0 radical (unpaired) electrons. The maximum Gasteiger partial charge on any atom is 0.217 e. The molecule has 0 bridgehead atoms. The van der Waals surface area contributed by atoms with Crippen molar-refractivity contribution in [1.82, 2.24) is 4.31 Å². The van der Waals surface area contributed by atoms with Crippen LogP contribution in [0.15, 0.2) is 24.3 Å². The summed E-state index contributed by atoms with van der Waals surface area (Å²) in [6, 6.07) is 7.01. The Balaban J connectivity index is 1.89. The molecule has 1 aromatic rings. The van der Waals surface area contributed by atoms with Crippen LogP contribution in [0.4, 0.5) is 5.69 Å². The third-order valence-electron chi connectivity index (χ3n) is 3.73. The molecule has 0 aliphatic carbocycles. The van der Waals surface area contributed by atoms with Gasteiger partial charge in [-0.25, -0.2) is 12.7 Å². The van der Waals surface area contributed by atoms with Crippen LogP contribution in [0.25, 0.3) is 0 Å². The Morgan fingerprint density at radius 3 is 2.81 bits per heavy atom. The molecule has 0 unspecified atom stereocenters. The van der Waals surface area contributed by atoms with Crippen LogP contribution in [-0.2, 0) is 10.0 Å². The number of hydrogen-bond donors (Lipinski definition) is 1. The second kappa shape index (κ2) is 6.23. The Kier molecular flexibility index (Phi) is 4.78. The summed E-state index contributed by atoms with van der Waals surface area (Å²) in [5.74, 6) is 0.599. The van der Waals surface area contributed by atoms with Gasteiger partial charge in [-0.05, 0) is 30.4 Å². The predicted molar refractivity (Wildman–Crippen MR) is 84.7 cm³/mol. The van der Waals surface area contributed by atoms with Gasteiger partial charge in [0.25, 0.3) is 0 Å². The molecule has 2 rings (SSSR count). The largest absolute Gasteiger partial charge is 0.492 e. The fourth-order valence-electron chi connectivity index (χ4n) is 2.61. The monoisotopic (exact) mass is 312 g/mol. The average molecular weight is 312 g/mol. The zero-order chi connectivity index (χ0) is 15.5. The van der Waals surface area contributed by atoms with Gasteiger partial charge in [0.2, 0.25) is 10.0 Å². The molecule has 1 heterocycles. The number of nitrogens with zero attached hydrogens (tertiary/aromatic N) is 1. The first-order chi connectivity index (χ1) is 9.78. The zero-order valence-corrected chi connectivity index (χ0v) is 13.5. The Labute approximate surface area is 127 Å². The van der Waals surface area contributed by atoms with Crippen molar-refractivity contribution in [2.75, 3.05) is 31.2 Å². The Hall–Kier alpha value is -1.27. The topological polar surface area (TPSA) is 72.6 Å². The summed E-state index contributed by atoms with van der Waals surface area (Å²) in [6.07, 6.45) is 1.99. The molecule has 21 heavy (non-hydrogen) atoms. The molecule has 1 fully saturated rings. The van der Waals surface area contributed by atoms with Gasteiger partial charge >= 0.3 is 0 Å². The third kappa shape index (κ3) is 4.61. The van der Waals surface area contributed by atoms with E-state index >= 15 is 0 Å². The quantitative estimate of drug-likeness (QED) is 0.845. The van der Waals surface area contributed by atoms with Crippen LogP contribution in [0.1, 0.15) is 26.7 Å². The lowest BCUT2D eigenvalue weighted by Gasteiger charge is -2.37. The highest BCUT2D eigenvalue weighted by molar-refractivity contribution is 7.89. The number of ether oxygens (including phenoxy) is 1. The molecule has 1 aliphatic rings. The van der Waals surface area contributed by atoms with Crippen LogP contribution < -0.4 is 10.5 Å². The summed E-state index contributed by atoms with van der Waals surface area (Å²) in [4.78, 5) is 0. The van der Waals surface area contributed by atoms with Crippen LogP contribution in [0.3, 0.4) is 0 Å². The van der Waals surface area contributed by atoms with Gasteiger partial charge in [0.15, 0.2) is 0 Å². The molecule has 1 saturated heterocycles.